The van der Waals surface area contributed by atoms with E-state index in [1.54, 1.807) is 18.2 Å². The average Bonchev–Trinajstić information content (AvgIpc) is 2.61. The number of rotatable bonds is 9. The molecule has 0 spiro atoms. The summed E-state index contributed by atoms with van der Waals surface area (Å²) in [6.45, 7) is 5.65. The highest BCUT2D eigenvalue weighted by molar-refractivity contribution is 5.96. The Balaban J connectivity index is 2.69. The third-order valence-electron chi connectivity index (χ3n) is 3.24. The van der Waals surface area contributed by atoms with E-state index in [1.807, 2.05) is 6.92 Å². The maximum absolute atomic E-state index is 12.1. The number of unbranched alkanes of at least 4 members (excludes halogenated alkanes) is 1. The molecule has 1 N–H and O–H groups in total. The zero-order chi connectivity index (χ0) is 17.8. The van der Waals surface area contributed by atoms with Gasteiger partial charge in [0, 0.05) is 4.91 Å². The summed E-state index contributed by atoms with van der Waals surface area (Å²) >= 11 is 0. The molecule has 0 bridgehead atoms. The Bertz CT molecular complexity index is 626. The van der Waals surface area contributed by atoms with Gasteiger partial charge in [0.05, 0.1) is 11.5 Å². The maximum atomic E-state index is 12.1. The largest absolute Gasteiger partial charge is 0.393 e. The Labute approximate surface area is 140 Å². The maximum Gasteiger partial charge on any atom is 0.335 e. The number of nitrogens with one attached hydrogen (secondary N) is 1. The molecule has 1 aromatic rings. The third-order valence-corrected chi connectivity index (χ3v) is 3.24. The lowest BCUT2D eigenvalue weighted by molar-refractivity contribution is -0.154. The van der Waals surface area contributed by atoms with Gasteiger partial charge in [0.1, 0.15) is 11.0 Å². The Hall–Kier alpha value is -2.99. The van der Waals surface area contributed by atoms with E-state index in [0.717, 1.165) is 12.8 Å². The predicted octanol–water partition coefficient (Wildman–Crippen LogP) is 3.86. The molecule has 0 fully saturated rings. The van der Waals surface area contributed by atoms with Crippen molar-refractivity contribution >= 4 is 11.9 Å². The van der Waals surface area contributed by atoms with Crippen molar-refractivity contribution in [2.75, 3.05) is 0 Å². The lowest BCUT2D eigenvalue weighted by atomic mass is 9.99. The second kappa shape index (κ2) is 10.7. The van der Waals surface area contributed by atoms with Crippen LogP contribution in [0.15, 0.2) is 42.2 Å². The summed E-state index contributed by atoms with van der Waals surface area (Å²) in [4.78, 5) is 36.2. The van der Waals surface area contributed by atoms with Gasteiger partial charge in [-0.2, -0.15) is 5.48 Å². The summed E-state index contributed by atoms with van der Waals surface area (Å²) < 4.78 is 0. The number of hydroxylamine groups is 1. The van der Waals surface area contributed by atoms with Crippen LogP contribution in [0, 0.1) is 5.92 Å². The van der Waals surface area contributed by atoms with E-state index in [9.17, 15) is 9.59 Å². The molecule has 0 aliphatic heterocycles. The topological polar surface area (TPSA) is 113 Å². The zero-order valence-corrected chi connectivity index (χ0v) is 13.5. The van der Waals surface area contributed by atoms with Crippen LogP contribution in [-0.2, 0) is 9.63 Å². The Morgan fingerprint density at radius 2 is 2.21 bits per heavy atom. The molecule has 0 heterocycles. The second-order valence-corrected chi connectivity index (χ2v) is 4.97. The molecule has 1 unspecified atom stereocenters. The summed E-state index contributed by atoms with van der Waals surface area (Å²) in [7, 11) is 0. The van der Waals surface area contributed by atoms with Crippen LogP contribution in [0.1, 0.15) is 43.0 Å². The molecule has 0 radical (unpaired) electrons. The van der Waals surface area contributed by atoms with E-state index in [-0.39, 0.29) is 17.2 Å². The highest BCUT2D eigenvalue weighted by Crippen LogP contribution is 2.19. The van der Waals surface area contributed by atoms with Gasteiger partial charge in [-0.25, -0.2) is 4.79 Å². The fraction of sp³-hybridized carbons (Fsp3) is 0.375. The fourth-order valence-corrected chi connectivity index (χ4v) is 2.01. The SMILES string of the molecule is C=CCC(CCCC)C(=O)ONC(=O)c1ccccc1ON=[N+]=[N-]. The summed E-state index contributed by atoms with van der Waals surface area (Å²) in [5, 5.41) is 2.95. The fourth-order valence-electron chi connectivity index (χ4n) is 2.01. The van der Waals surface area contributed by atoms with Crippen molar-refractivity contribution in [3.63, 3.8) is 0 Å². The molecule has 24 heavy (non-hydrogen) atoms. The molecular formula is C16H20N4O4. The highest BCUT2D eigenvalue weighted by Gasteiger charge is 2.20. The summed E-state index contributed by atoms with van der Waals surface area (Å²) in [5.41, 5.74) is 10.4. The molecule has 128 valence electrons. The Morgan fingerprint density at radius 3 is 2.88 bits per heavy atom. The van der Waals surface area contributed by atoms with Crippen LogP contribution in [0.25, 0.3) is 10.4 Å². The average molecular weight is 332 g/mol. The summed E-state index contributed by atoms with van der Waals surface area (Å²) in [6, 6.07) is 6.11. The van der Waals surface area contributed by atoms with Gasteiger partial charge in [-0.1, -0.05) is 38.0 Å². The van der Waals surface area contributed by atoms with Gasteiger partial charge in [0.2, 0.25) is 0 Å². The van der Waals surface area contributed by atoms with E-state index in [0.29, 0.717) is 12.8 Å². The summed E-state index contributed by atoms with van der Waals surface area (Å²) in [5.74, 6) is -1.50. The first-order chi connectivity index (χ1) is 11.6. The molecule has 0 saturated carbocycles. The monoisotopic (exact) mass is 332 g/mol. The van der Waals surface area contributed by atoms with Gasteiger partial charge in [-0.15, -0.1) is 6.58 Å². The first-order valence-electron chi connectivity index (χ1n) is 7.56. The molecule has 0 aliphatic rings. The van der Waals surface area contributed by atoms with Crippen LogP contribution < -0.4 is 10.3 Å². The first-order valence-corrected chi connectivity index (χ1v) is 7.56. The quantitative estimate of drug-likeness (QED) is 0.243. The molecule has 1 rings (SSSR count). The number of allylic oxidation sites excluding steroid dienone is 1. The molecule has 1 aromatic carbocycles. The van der Waals surface area contributed by atoms with Crippen molar-refractivity contribution in [2.24, 2.45) is 11.2 Å². The number of para-hydroxylation sites is 1. The van der Waals surface area contributed by atoms with Gasteiger partial charge in [-0.3, -0.25) is 4.79 Å². The number of amides is 1. The van der Waals surface area contributed by atoms with Gasteiger partial charge < -0.3 is 9.68 Å². The Kier molecular flexibility index (Phi) is 8.49. The molecular weight excluding hydrogens is 312 g/mol. The molecule has 1 atom stereocenters. The van der Waals surface area contributed by atoms with E-state index < -0.39 is 11.9 Å². The third kappa shape index (κ3) is 6.02. The Morgan fingerprint density at radius 1 is 1.46 bits per heavy atom. The van der Waals surface area contributed by atoms with E-state index in [1.165, 1.54) is 12.1 Å². The molecule has 0 saturated heterocycles. The number of hydrogen-bond acceptors (Lipinski definition) is 5. The van der Waals surface area contributed by atoms with Crippen molar-refractivity contribution in [3.8, 4) is 5.75 Å². The molecule has 1 amide bonds. The second-order valence-electron chi connectivity index (χ2n) is 4.97. The van der Waals surface area contributed by atoms with E-state index in [2.05, 4.69) is 22.2 Å². The van der Waals surface area contributed by atoms with Gasteiger partial charge in [-0.05, 0) is 30.5 Å². The number of benzene rings is 1. The predicted molar refractivity (Wildman–Crippen MR) is 87.6 cm³/mol. The lowest BCUT2D eigenvalue weighted by Gasteiger charge is -2.14. The van der Waals surface area contributed by atoms with Crippen LogP contribution in [0.3, 0.4) is 0 Å². The van der Waals surface area contributed by atoms with Gasteiger partial charge in [0.25, 0.3) is 5.91 Å². The first kappa shape index (κ1) is 19.1. The standard InChI is InChI=1S/C16H20N4O4/c1-3-5-9-12(8-4-2)16(22)24-18-15(21)13-10-6-7-11-14(13)23-20-19-17/h4,6-7,10-12H,2-3,5,8-9H2,1H3,(H,18,21). The smallest absolute Gasteiger partial charge is 0.335 e. The normalized spacial score (nSPS) is 10.9. The number of azide groups is 1. The minimum Gasteiger partial charge on any atom is -0.393 e. The van der Waals surface area contributed by atoms with Crippen molar-refractivity contribution < 1.29 is 19.3 Å². The van der Waals surface area contributed by atoms with Gasteiger partial charge in [0.15, 0.2) is 0 Å². The number of carbonyl (C=O) groups is 2. The van der Waals surface area contributed by atoms with Crippen molar-refractivity contribution in [3.05, 3.63) is 52.9 Å². The van der Waals surface area contributed by atoms with E-state index >= 15 is 0 Å². The highest BCUT2D eigenvalue weighted by atomic mass is 16.7. The minimum absolute atomic E-state index is 0.0532. The van der Waals surface area contributed by atoms with E-state index in [4.69, 9.17) is 15.2 Å². The van der Waals surface area contributed by atoms with Crippen molar-refractivity contribution in [1.82, 2.24) is 5.48 Å². The van der Waals surface area contributed by atoms with Crippen LogP contribution in [0.2, 0.25) is 0 Å². The minimum atomic E-state index is -0.681. The van der Waals surface area contributed by atoms with Crippen molar-refractivity contribution in [1.29, 1.82) is 0 Å². The summed E-state index contributed by atoms with van der Waals surface area (Å²) in [6.07, 6.45) is 4.62. The van der Waals surface area contributed by atoms with Crippen LogP contribution in [-0.4, -0.2) is 11.9 Å². The van der Waals surface area contributed by atoms with Crippen LogP contribution in [0.5, 0.6) is 5.75 Å². The molecule has 8 nitrogen and oxygen atoms in total. The lowest BCUT2D eigenvalue weighted by Crippen LogP contribution is -2.30. The molecule has 0 aliphatic carbocycles. The molecule has 0 aromatic heterocycles. The van der Waals surface area contributed by atoms with Crippen molar-refractivity contribution in [2.45, 2.75) is 32.6 Å². The van der Waals surface area contributed by atoms with Gasteiger partial charge >= 0.3 is 5.97 Å². The number of hydrogen-bond donors (Lipinski definition) is 1. The number of nitrogens with zero attached hydrogens (tertiary/aromatic N) is 3. The zero-order valence-electron chi connectivity index (χ0n) is 13.5. The number of carbonyl (C=O) groups excluding carboxylic acids is 2. The van der Waals surface area contributed by atoms with Crippen LogP contribution in [0.4, 0.5) is 0 Å². The molecule has 8 heteroatoms. The van der Waals surface area contributed by atoms with Crippen LogP contribution >= 0.6 is 0 Å².